The zero-order chi connectivity index (χ0) is 23.5. The largest absolute Gasteiger partial charge is 0.491 e. The molecule has 0 aliphatic carbocycles. The van der Waals surface area contributed by atoms with Gasteiger partial charge >= 0.3 is 0 Å². The number of carbonyl (C=O) groups is 2. The highest BCUT2D eigenvalue weighted by Crippen LogP contribution is 2.32. The topological polar surface area (TPSA) is 71.5 Å². The highest BCUT2D eigenvalue weighted by Gasteiger charge is 2.39. The van der Waals surface area contributed by atoms with E-state index in [4.69, 9.17) is 4.74 Å². The van der Waals surface area contributed by atoms with Crippen LogP contribution in [-0.4, -0.2) is 27.8 Å². The Kier molecular flexibility index (Phi) is 6.27. The first-order valence-corrected chi connectivity index (χ1v) is 10.9. The zero-order valence-electron chi connectivity index (χ0n) is 19.3. The van der Waals surface area contributed by atoms with Gasteiger partial charge in [-0.1, -0.05) is 24.3 Å². The molecule has 0 saturated carbocycles. The second kappa shape index (κ2) is 9.28. The molecular formula is C27H27N3O3. The van der Waals surface area contributed by atoms with Gasteiger partial charge in [0, 0.05) is 11.9 Å². The summed E-state index contributed by atoms with van der Waals surface area (Å²) in [4.78, 5) is 32.4. The normalized spacial score (nSPS) is 13.8. The van der Waals surface area contributed by atoms with E-state index in [1.165, 1.54) is 4.90 Å². The van der Waals surface area contributed by atoms with Crippen LogP contribution >= 0.6 is 0 Å². The van der Waals surface area contributed by atoms with Crippen LogP contribution in [0.1, 0.15) is 36.2 Å². The molecule has 168 valence electrons. The van der Waals surface area contributed by atoms with E-state index >= 15 is 0 Å². The molecule has 0 atom stereocenters. The van der Waals surface area contributed by atoms with E-state index in [2.05, 4.69) is 16.4 Å². The lowest BCUT2D eigenvalue weighted by molar-refractivity contribution is -0.137. The van der Waals surface area contributed by atoms with Crippen LogP contribution in [0.4, 0.5) is 5.69 Å². The fraction of sp³-hybridized carbons (Fsp3) is 0.222. The van der Waals surface area contributed by atoms with Crippen molar-refractivity contribution in [3.63, 3.8) is 0 Å². The first kappa shape index (κ1) is 22.3. The first-order valence-electron chi connectivity index (χ1n) is 10.9. The number of amides is 2. The highest BCUT2D eigenvalue weighted by molar-refractivity contribution is 6.36. The van der Waals surface area contributed by atoms with Crippen LogP contribution in [0.3, 0.4) is 0 Å². The van der Waals surface area contributed by atoms with Gasteiger partial charge in [0.25, 0.3) is 11.8 Å². The predicted molar refractivity (Wildman–Crippen MR) is 128 cm³/mol. The maximum absolute atomic E-state index is 13.5. The Bertz CT molecular complexity index is 1190. The number of anilines is 1. The van der Waals surface area contributed by atoms with Gasteiger partial charge < -0.3 is 10.1 Å². The number of hydrogen-bond acceptors (Lipinski definition) is 5. The molecule has 4 rings (SSSR count). The fourth-order valence-electron chi connectivity index (χ4n) is 3.92. The Labute approximate surface area is 193 Å². The van der Waals surface area contributed by atoms with Crippen molar-refractivity contribution in [1.82, 2.24) is 9.88 Å². The van der Waals surface area contributed by atoms with E-state index in [1.54, 1.807) is 18.3 Å². The number of carbonyl (C=O) groups excluding carboxylic acids is 2. The molecule has 2 aromatic carbocycles. The summed E-state index contributed by atoms with van der Waals surface area (Å²) in [6, 6.07) is 18.7. The van der Waals surface area contributed by atoms with Crippen LogP contribution < -0.4 is 10.1 Å². The summed E-state index contributed by atoms with van der Waals surface area (Å²) >= 11 is 0. The van der Waals surface area contributed by atoms with Crippen LogP contribution in [0.25, 0.3) is 5.57 Å². The molecule has 1 N–H and O–H groups in total. The number of pyridine rings is 1. The summed E-state index contributed by atoms with van der Waals surface area (Å²) in [5.41, 5.74) is 4.80. The van der Waals surface area contributed by atoms with Crippen molar-refractivity contribution in [2.45, 2.75) is 40.3 Å². The van der Waals surface area contributed by atoms with Gasteiger partial charge in [0.15, 0.2) is 0 Å². The van der Waals surface area contributed by atoms with E-state index in [-0.39, 0.29) is 30.2 Å². The van der Waals surface area contributed by atoms with Crippen molar-refractivity contribution in [3.05, 3.63) is 94.9 Å². The number of aryl methyl sites for hydroxylation is 2. The van der Waals surface area contributed by atoms with Gasteiger partial charge in [0.2, 0.25) is 0 Å². The van der Waals surface area contributed by atoms with Crippen molar-refractivity contribution in [3.8, 4) is 5.75 Å². The number of hydrogen-bond donors (Lipinski definition) is 1. The summed E-state index contributed by atoms with van der Waals surface area (Å²) in [6.45, 7) is 8.01. The third kappa shape index (κ3) is 4.95. The molecule has 1 aliphatic heterocycles. The molecule has 33 heavy (non-hydrogen) atoms. The van der Waals surface area contributed by atoms with E-state index < -0.39 is 0 Å². The van der Waals surface area contributed by atoms with Crippen molar-refractivity contribution in [2.24, 2.45) is 0 Å². The van der Waals surface area contributed by atoms with Gasteiger partial charge in [-0.25, -0.2) is 0 Å². The summed E-state index contributed by atoms with van der Waals surface area (Å²) in [5.74, 6) is -0.0161. The van der Waals surface area contributed by atoms with Crippen molar-refractivity contribution in [2.75, 3.05) is 5.32 Å². The molecule has 2 amide bonds. The van der Waals surface area contributed by atoms with Crippen molar-refractivity contribution < 1.29 is 14.3 Å². The minimum atomic E-state index is -0.373. The number of nitrogens with zero attached hydrogens (tertiary/aromatic N) is 2. The summed E-state index contributed by atoms with van der Waals surface area (Å²) < 4.78 is 5.73. The maximum Gasteiger partial charge on any atom is 0.278 e. The van der Waals surface area contributed by atoms with Crippen LogP contribution in [0.5, 0.6) is 5.75 Å². The Morgan fingerprint density at radius 3 is 2.24 bits per heavy atom. The standard InChI is InChI=1S/C27H27N3O3/c1-17(2)33-23-10-8-20(9-11-23)24-25(29-22-14-18(3)13-19(4)15-22)27(32)30(26(24)31)16-21-7-5-6-12-28-21/h5-15,17,29H,16H2,1-4H3. The lowest BCUT2D eigenvalue weighted by Crippen LogP contribution is -2.32. The van der Waals surface area contributed by atoms with Crippen LogP contribution in [-0.2, 0) is 16.1 Å². The van der Waals surface area contributed by atoms with Gasteiger partial charge in [-0.15, -0.1) is 0 Å². The molecule has 2 heterocycles. The third-order valence-corrected chi connectivity index (χ3v) is 5.22. The van der Waals surface area contributed by atoms with E-state index in [9.17, 15) is 9.59 Å². The number of benzene rings is 2. The molecule has 1 aliphatic rings. The second-order valence-corrected chi connectivity index (χ2v) is 8.46. The molecule has 0 saturated heterocycles. The summed E-state index contributed by atoms with van der Waals surface area (Å²) in [5, 5.41) is 3.23. The number of imide groups is 1. The molecule has 6 heteroatoms. The van der Waals surface area contributed by atoms with Crippen molar-refractivity contribution >= 4 is 23.1 Å². The highest BCUT2D eigenvalue weighted by atomic mass is 16.5. The van der Waals surface area contributed by atoms with Crippen molar-refractivity contribution in [1.29, 1.82) is 0 Å². The summed E-state index contributed by atoms with van der Waals surface area (Å²) in [6.07, 6.45) is 1.69. The Hall–Kier alpha value is -3.93. The Morgan fingerprint density at radius 2 is 1.64 bits per heavy atom. The van der Waals surface area contributed by atoms with E-state index in [0.29, 0.717) is 22.6 Å². The number of rotatable bonds is 7. The van der Waals surface area contributed by atoms with Gasteiger partial charge in [0.05, 0.1) is 23.9 Å². The molecule has 0 bridgehead atoms. The van der Waals surface area contributed by atoms with Crippen LogP contribution in [0.2, 0.25) is 0 Å². The molecule has 0 unspecified atom stereocenters. The van der Waals surface area contributed by atoms with Crippen LogP contribution in [0.15, 0.2) is 72.6 Å². The summed E-state index contributed by atoms with van der Waals surface area (Å²) in [7, 11) is 0. The van der Waals surface area contributed by atoms with Crippen LogP contribution in [0, 0.1) is 13.8 Å². The quantitative estimate of drug-likeness (QED) is 0.529. The molecule has 0 spiro atoms. The SMILES string of the molecule is Cc1cc(C)cc(NC2=C(c3ccc(OC(C)C)cc3)C(=O)N(Cc3ccccn3)C2=O)c1. The third-order valence-electron chi connectivity index (χ3n) is 5.22. The average molecular weight is 442 g/mol. The number of ether oxygens (including phenoxy) is 1. The average Bonchev–Trinajstić information content (AvgIpc) is 2.98. The lowest BCUT2D eigenvalue weighted by atomic mass is 10.0. The minimum absolute atomic E-state index is 0.0420. The predicted octanol–water partition coefficient (Wildman–Crippen LogP) is 4.88. The van der Waals surface area contributed by atoms with Gasteiger partial charge in [0.1, 0.15) is 11.4 Å². The monoisotopic (exact) mass is 441 g/mol. The lowest BCUT2D eigenvalue weighted by Gasteiger charge is -2.15. The molecular weight excluding hydrogens is 414 g/mol. The fourth-order valence-corrected chi connectivity index (χ4v) is 3.92. The van der Waals surface area contributed by atoms with Gasteiger partial charge in [-0.3, -0.25) is 19.5 Å². The molecule has 3 aromatic rings. The molecule has 0 fully saturated rings. The molecule has 0 radical (unpaired) electrons. The van der Waals surface area contributed by atoms with E-state index in [1.807, 2.05) is 70.2 Å². The van der Waals surface area contributed by atoms with E-state index in [0.717, 1.165) is 16.8 Å². The zero-order valence-corrected chi connectivity index (χ0v) is 19.3. The number of aromatic nitrogens is 1. The second-order valence-electron chi connectivity index (χ2n) is 8.46. The maximum atomic E-state index is 13.5. The molecule has 6 nitrogen and oxygen atoms in total. The smallest absolute Gasteiger partial charge is 0.278 e. The van der Waals surface area contributed by atoms with Gasteiger partial charge in [-0.2, -0.15) is 0 Å². The first-order chi connectivity index (χ1) is 15.8. The Morgan fingerprint density at radius 1 is 0.939 bits per heavy atom. The molecule has 1 aromatic heterocycles. The Balaban J connectivity index is 1.73. The minimum Gasteiger partial charge on any atom is -0.491 e. The number of nitrogens with one attached hydrogen (secondary N) is 1. The van der Waals surface area contributed by atoms with Gasteiger partial charge in [-0.05, 0) is 80.8 Å².